The fourth-order valence-electron chi connectivity index (χ4n) is 2.87. The molecule has 1 saturated carbocycles. The lowest BCUT2D eigenvalue weighted by Crippen LogP contribution is -2.41. The number of methoxy groups -OCH3 is 1. The molecule has 2 aromatic rings. The van der Waals surface area contributed by atoms with Crippen LogP contribution in [0.5, 0.6) is 0 Å². The highest BCUT2D eigenvalue weighted by atomic mass is 16.5. The lowest BCUT2D eigenvalue weighted by molar-refractivity contribution is -0.0817. The number of nitrogens with zero attached hydrogens (tertiary/aromatic N) is 1. The Balaban J connectivity index is 1.83. The summed E-state index contributed by atoms with van der Waals surface area (Å²) in [5.41, 5.74) is 8.46. The van der Waals surface area contributed by atoms with Crippen LogP contribution in [0.4, 0.5) is 0 Å². The minimum atomic E-state index is -0.00245. The Morgan fingerprint density at radius 1 is 1.37 bits per heavy atom. The summed E-state index contributed by atoms with van der Waals surface area (Å²) in [5, 5.41) is 1.15. The number of rotatable bonds is 4. The van der Waals surface area contributed by atoms with Crippen LogP contribution < -0.4 is 5.73 Å². The molecule has 2 N–H and O–H groups in total. The monoisotopic (exact) mass is 256 g/mol. The summed E-state index contributed by atoms with van der Waals surface area (Å²) in [5.74, 6) is 0. The van der Waals surface area contributed by atoms with Crippen LogP contribution >= 0.6 is 0 Å². The predicted octanol–water partition coefficient (Wildman–Crippen LogP) is 3.19. The first-order valence-electron chi connectivity index (χ1n) is 6.88. The second-order valence-corrected chi connectivity index (χ2v) is 5.51. The van der Waals surface area contributed by atoms with Crippen molar-refractivity contribution < 1.29 is 4.74 Å². The number of benzene rings is 1. The number of hydrogen-bond acceptors (Lipinski definition) is 3. The third-order valence-corrected chi connectivity index (χ3v) is 4.33. The van der Waals surface area contributed by atoms with Crippen molar-refractivity contribution in [1.82, 2.24) is 4.98 Å². The first-order chi connectivity index (χ1) is 9.22. The Bertz CT molecular complexity index is 572. The maximum atomic E-state index is 6.34. The molecule has 3 nitrogen and oxygen atoms in total. The zero-order valence-corrected chi connectivity index (χ0v) is 11.3. The van der Waals surface area contributed by atoms with Crippen LogP contribution in [0.2, 0.25) is 0 Å². The fourth-order valence-corrected chi connectivity index (χ4v) is 2.87. The van der Waals surface area contributed by atoms with Gasteiger partial charge in [-0.05, 0) is 43.4 Å². The van der Waals surface area contributed by atoms with Crippen LogP contribution in [0.25, 0.3) is 10.9 Å². The molecule has 1 unspecified atom stereocenters. The second-order valence-electron chi connectivity index (χ2n) is 5.51. The molecule has 0 amide bonds. The van der Waals surface area contributed by atoms with Gasteiger partial charge in [-0.3, -0.25) is 4.98 Å². The van der Waals surface area contributed by atoms with E-state index in [2.05, 4.69) is 17.1 Å². The Kier molecular flexibility index (Phi) is 3.25. The van der Waals surface area contributed by atoms with Crippen molar-refractivity contribution in [2.75, 3.05) is 7.11 Å². The molecule has 0 spiro atoms. The summed E-state index contributed by atoms with van der Waals surface area (Å²) >= 11 is 0. The van der Waals surface area contributed by atoms with E-state index in [1.54, 1.807) is 7.11 Å². The number of nitrogens with two attached hydrogens (primary N) is 1. The number of hydrogen-bond donors (Lipinski definition) is 1. The van der Waals surface area contributed by atoms with Crippen LogP contribution in [0.1, 0.15) is 37.3 Å². The molecule has 1 aliphatic carbocycles. The number of fused-ring (bicyclic) bond motifs is 1. The van der Waals surface area contributed by atoms with Crippen LogP contribution in [0, 0.1) is 0 Å². The largest absolute Gasteiger partial charge is 0.378 e. The van der Waals surface area contributed by atoms with E-state index in [9.17, 15) is 0 Å². The highest BCUT2D eigenvalue weighted by Gasteiger charge is 2.38. The van der Waals surface area contributed by atoms with Gasteiger partial charge in [-0.25, -0.2) is 0 Å². The molecule has 0 saturated heterocycles. The SMILES string of the molecule is COC1(CC(N)c2cnc3ccccc3c2)CCC1. The van der Waals surface area contributed by atoms with Crippen LogP contribution in [0.3, 0.4) is 0 Å². The van der Waals surface area contributed by atoms with E-state index in [0.29, 0.717) is 0 Å². The van der Waals surface area contributed by atoms with Crippen LogP contribution in [0.15, 0.2) is 36.5 Å². The van der Waals surface area contributed by atoms with Crippen LogP contribution in [-0.4, -0.2) is 17.7 Å². The molecule has 1 atom stereocenters. The quantitative estimate of drug-likeness (QED) is 0.913. The van der Waals surface area contributed by atoms with E-state index in [-0.39, 0.29) is 11.6 Å². The average molecular weight is 256 g/mol. The maximum Gasteiger partial charge on any atom is 0.0702 e. The first-order valence-corrected chi connectivity index (χ1v) is 6.88. The van der Waals surface area contributed by atoms with Crippen LogP contribution in [-0.2, 0) is 4.74 Å². The molecule has 1 aromatic heterocycles. The van der Waals surface area contributed by atoms with Gasteiger partial charge in [0.15, 0.2) is 0 Å². The number of para-hydroxylation sites is 1. The molecule has 3 rings (SSSR count). The van der Waals surface area contributed by atoms with Gasteiger partial charge in [0, 0.05) is 24.7 Å². The topological polar surface area (TPSA) is 48.1 Å². The third kappa shape index (κ3) is 2.36. The molecular weight excluding hydrogens is 236 g/mol. The summed E-state index contributed by atoms with van der Waals surface area (Å²) in [6.07, 6.45) is 6.27. The minimum Gasteiger partial charge on any atom is -0.378 e. The van der Waals surface area contributed by atoms with Gasteiger partial charge >= 0.3 is 0 Å². The van der Waals surface area contributed by atoms with Gasteiger partial charge in [-0.2, -0.15) is 0 Å². The molecular formula is C16H20N2O. The zero-order chi connectivity index (χ0) is 13.3. The summed E-state index contributed by atoms with van der Waals surface area (Å²) in [6, 6.07) is 10.3. The van der Waals surface area contributed by atoms with E-state index >= 15 is 0 Å². The zero-order valence-electron chi connectivity index (χ0n) is 11.3. The van der Waals surface area contributed by atoms with E-state index < -0.39 is 0 Å². The number of aromatic nitrogens is 1. The van der Waals surface area contributed by atoms with E-state index in [1.165, 1.54) is 6.42 Å². The molecule has 0 aliphatic heterocycles. The van der Waals surface area contributed by atoms with E-state index in [0.717, 1.165) is 35.7 Å². The molecule has 1 fully saturated rings. The molecule has 1 heterocycles. The predicted molar refractivity (Wildman–Crippen MR) is 76.9 cm³/mol. The van der Waals surface area contributed by atoms with E-state index in [1.807, 2.05) is 24.4 Å². The van der Waals surface area contributed by atoms with Gasteiger partial charge in [0.25, 0.3) is 0 Å². The van der Waals surface area contributed by atoms with Crippen molar-refractivity contribution in [3.63, 3.8) is 0 Å². The number of ether oxygens (including phenoxy) is 1. The Labute approximate surface area is 113 Å². The Morgan fingerprint density at radius 2 is 2.16 bits per heavy atom. The second kappa shape index (κ2) is 4.91. The molecule has 0 bridgehead atoms. The normalized spacial score (nSPS) is 19.1. The van der Waals surface area contributed by atoms with Crippen molar-refractivity contribution in [1.29, 1.82) is 0 Å². The standard InChI is InChI=1S/C16H20N2O/c1-19-16(7-4-8-16)10-14(17)13-9-12-5-2-3-6-15(12)18-11-13/h2-3,5-6,9,11,14H,4,7-8,10,17H2,1H3. The van der Waals surface area contributed by atoms with Gasteiger partial charge in [0.2, 0.25) is 0 Å². The maximum absolute atomic E-state index is 6.34. The number of pyridine rings is 1. The lowest BCUT2D eigenvalue weighted by Gasteiger charge is -2.42. The third-order valence-electron chi connectivity index (χ3n) is 4.33. The highest BCUT2D eigenvalue weighted by molar-refractivity contribution is 5.78. The first kappa shape index (κ1) is 12.6. The van der Waals surface area contributed by atoms with Crippen molar-refractivity contribution in [2.45, 2.75) is 37.3 Å². The molecule has 1 aromatic carbocycles. The van der Waals surface area contributed by atoms with Crippen molar-refractivity contribution in [3.8, 4) is 0 Å². The lowest BCUT2D eigenvalue weighted by atomic mass is 9.75. The van der Waals surface area contributed by atoms with Gasteiger partial charge in [-0.15, -0.1) is 0 Å². The Hall–Kier alpha value is -1.45. The summed E-state index contributed by atoms with van der Waals surface area (Å²) < 4.78 is 5.65. The Morgan fingerprint density at radius 3 is 2.84 bits per heavy atom. The molecule has 3 heteroatoms. The summed E-state index contributed by atoms with van der Waals surface area (Å²) in [7, 11) is 1.80. The van der Waals surface area contributed by atoms with Crippen molar-refractivity contribution in [2.24, 2.45) is 5.73 Å². The fraction of sp³-hybridized carbons (Fsp3) is 0.438. The highest BCUT2D eigenvalue weighted by Crippen LogP contribution is 2.41. The molecule has 19 heavy (non-hydrogen) atoms. The summed E-state index contributed by atoms with van der Waals surface area (Å²) in [6.45, 7) is 0. The van der Waals surface area contributed by atoms with Gasteiger partial charge in [0.05, 0.1) is 11.1 Å². The van der Waals surface area contributed by atoms with Crippen molar-refractivity contribution in [3.05, 3.63) is 42.1 Å². The summed E-state index contributed by atoms with van der Waals surface area (Å²) in [4.78, 5) is 4.48. The van der Waals surface area contributed by atoms with E-state index in [4.69, 9.17) is 10.5 Å². The average Bonchev–Trinajstić information content (AvgIpc) is 2.42. The van der Waals surface area contributed by atoms with Gasteiger partial charge in [0.1, 0.15) is 0 Å². The van der Waals surface area contributed by atoms with Gasteiger partial charge in [-0.1, -0.05) is 18.2 Å². The smallest absolute Gasteiger partial charge is 0.0702 e. The molecule has 100 valence electrons. The van der Waals surface area contributed by atoms with Gasteiger partial charge < -0.3 is 10.5 Å². The van der Waals surface area contributed by atoms with Crippen molar-refractivity contribution >= 4 is 10.9 Å². The minimum absolute atomic E-state index is 0.00245. The molecule has 1 aliphatic rings. The molecule has 0 radical (unpaired) electrons.